The predicted molar refractivity (Wildman–Crippen MR) is 264 cm³/mol. The number of allylic oxidation sites excluding steroid dienone is 4. The van der Waals surface area contributed by atoms with E-state index >= 15 is 0 Å². The number of halogens is 2. The number of fused-ring (bicyclic) bond motifs is 3. The van der Waals surface area contributed by atoms with E-state index in [1.165, 1.54) is 125 Å². The molecule has 0 nitrogen and oxygen atoms in total. The summed E-state index contributed by atoms with van der Waals surface area (Å²) in [7, 11) is 0. The van der Waals surface area contributed by atoms with Crippen LogP contribution in [0.25, 0.3) is 33.4 Å². The normalized spacial score (nSPS) is 12.7. The van der Waals surface area contributed by atoms with Crippen LogP contribution >= 0.6 is 24.8 Å². The van der Waals surface area contributed by atoms with Gasteiger partial charge in [-0.2, -0.15) is 83.4 Å². The van der Waals surface area contributed by atoms with Crippen LogP contribution < -0.4 is 0 Å². The zero-order valence-electron chi connectivity index (χ0n) is 38.0. The summed E-state index contributed by atoms with van der Waals surface area (Å²) in [5.74, 6) is 0.573. The molecule has 0 radical (unpaired) electrons. The van der Waals surface area contributed by atoms with Crippen LogP contribution in [0.1, 0.15) is 89.8 Å². The van der Waals surface area contributed by atoms with Gasteiger partial charge in [-0.25, -0.2) is 6.08 Å². The molecule has 0 heterocycles. The average molecular weight is 911 g/mol. The van der Waals surface area contributed by atoms with Crippen LogP contribution in [-0.4, -0.2) is 4.21 Å². The van der Waals surface area contributed by atoms with Crippen molar-refractivity contribution in [2.24, 2.45) is 11.3 Å². The molecule has 2 aliphatic carbocycles. The number of benzene rings is 6. The summed E-state index contributed by atoms with van der Waals surface area (Å²) >= 11 is 1.30. The Morgan fingerprint density at radius 1 is 0.600 bits per heavy atom. The van der Waals surface area contributed by atoms with Crippen molar-refractivity contribution < 1.29 is 24.2 Å². The van der Waals surface area contributed by atoms with E-state index in [0.29, 0.717) is 11.3 Å². The molecule has 0 saturated heterocycles. The topological polar surface area (TPSA) is 0 Å². The van der Waals surface area contributed by atoms with Crippen molar-refractivity contribution in [3.63, 3.8) is 0 Å². The summed E-state index contributed by atoms with van der Waals surface area (Å²) < 4.78 is 3.34. The Kier molecular flexibility index (Phi) is 21.4. The van der Waals surface area contributed by atoms with Gasteiger partial charge in [0, 0.05) is 0 Å². The maximum absolute atomic E-state index is 3.78. The quantitative estimate of drug-likeness (QED) is 0.155. The van der Waals surface area contributed by atoms with Gasteiger partial charge in [0.25, 0.3) is 0 Å². The molecule has 0 spiro atoms. The molecule has 3 heteroatoms. The summed E-state index contributed by atoms with van der Waals surface area (Å²) in [6.45, 7) is 26.3. The summed E-state index contributed by atoms with van der Waals surface area (Å²) in [6, 6.07) is 46.1. The first-order valence-corrected chi connectivity index (χ1v) is 22.3. The summed E-state index contributed by atoms with van der Waals surface area (Å²) in [5.41, 5.74) is 23.0. The van der Waals surface area contributed by atoms with Gasteiger partial charge in [-0.3, -0.25) is 6.08 Å². The zero-order valence-corrected chi connectivity index (χ0v) is 42.1. The second-order valence-electron chi connectivity index (χ2n) is 16.7. The van der Waals surface area contributed by atoms with E-state index in [9.17, 15) is 0 Å². The van der Waals surface area contributed by atoms with Crippen LogP contribution in [0, 0.1) is 91.0 Å². The second-order valence-corrected chi connectivity index (χ2v) is 16.7. The van der Waals surface area contributed by atoms with Crippen LogP contribution in [0.4, 0.5) is 0 Å². The van der Waals surface area contributed by atoms with Crippen LogP contribution in [0.5, 0.6) is 0 Å². The minimum absolute atomic E-state index is 0. The number of aryl methyl sites for hydroxylation is 8. The van der Waals surface area contributed by atoms with Crippen molar-refractivity contribution in [2.45, 2.75) is 95.9 Å². The van der Waals surface area contributed by atoms with E-state index < -0.39 is 0 Å². The molecule has 6 aromatic carbocycles. The van der Waals surface area contributed by atoms with Gasteiger partial charge in [-0.1, -0.05) is 141 Å². The van der Waals surface area contributed by atoms with Crippen molar-refractivity contribution >= 4 is 29.0 Å². The molecule has 0 N–H and O–H groups in total. The van der Waals surface area contributed by atoms with Crippen molar-refractivity contribution in [3.05, 3.63) is 201 Å². The van der Waals surface area contributed by atoms with E-state index in [-0.39, 0.29) is 24.8 Å². The second kappa shape index (κ2) is 24.5. The van der Waals surface area contributed by atoms with Gasteiger partial charge < -0.3 is 0 Å². The number of hydrogen-bond donors (Lipinski definition) is 0. The van der Waals surface area contributed by atoms with Gasteiger partial charge in [0.05, 0.1) is 0 Å². The van der Waals surface area contributed by atoms with Gasteiger partial charge >= 0.3 is 28.4 Å². The van der Waals surface area contributed by atoms with Crippen molar-refractivity contribution in [3.8, 4) is 33.4 Å². The third kappa shape index (κ3) is 14.4. The van der Waals surface area contributed by atoms with E-state index in [4.69, 9.17) is 0 Å². The first kappa shape index (κ1) is 52.3. The Morgan fingerprint density at radius 3 is 1.47 bits per heavy atom. The third-order valence-electron chi connectivity index (χ3n) is 10.6. The van der Waals surface area contributed by atoms with E-state index in [2.05, 4.69) is 178 Å². The van der Waals surface area contributed by atoms with Crippen molar-refractivity contribution in [2.75, 3.05) is 0 Å². The SMILES string of the molecule is CCC1[C-]=CC(C(C)(C)C)=C1.Cc1cc(C)c(-c2[c-]c3c(cc2)-c2ccc(-c4c(C)cc(C)cc4C)cc2C3)c(C)c1.Cc1cc[c-]cc1.Cc1cc[c-]cc1.Cl.Cl.[CH2]=[Zr]. The molecule has 0 amide bonds. The van der Waals surface area contributed by atoms with Crippen molar-refractivity contribution in [1.82, 2.24) is 0 Å². The van der Waals surface area contributed by atoms with E-state index in [1.807, 2.05) is 48.5 Å². The maximum atomic E-state index is 3.78. The Labute approximate surface area is 391 Å². The number of rotatable bonds is 3. The monoisotopic (exact) mass is 908 g/mol. The standard InChI is InChI=1S/C31H29.C11H17.2C7H7.CH2.2ClH.Zr/c1-18-11-20(3)30(21(4)12-18)24-7-9-28-26(15-24)17-27-16-25(8-10-29(27)28)31-22(5)13-19(2)14-23(31)6;1-5-9-6-7-10(8-9)11(2,3)4;2*1-7-5-3-2-4-6-7;;;;/h7-15H,17H2,1-6H3;7-9H,5H2,1-4H3;2*3-6H,1H3;1H2;2*1H;/q4*-1;;;;. The molecular weight excluding hydrogens is 847 g/mol. The predicted octanol–water partition coefficient (Wildman–Crippen LogP) is 16.0. The van der Waals surface area contributed by atoms with Crippen molar-refractivity contribution in [1.29, 1.82) is 0 Å². The molecule has 8 rings (SSSR count). The number of hydrogen-bond acceptors (Lipinski definition) is 0. The zero-order chi connectivity index (χ0) is 42.6. The minimum atomic E-state index is 0. The van der Waals surface area contributed by atoms with E-state index in [1.54, 1.807) is 0 Å². The molecule has 2 aliphatic rings. The van der Waals surface area contributed by atoms with Crippen LogP contribution in [0.2, 0.25) is 0 Å². The van der Waals surface area contributed by atoms with Gasteiger partial charge in [0.15, 0.2) is 0 Å². The Balaban J connectivity index is 0.000000348. The van der Waals surface area contributed by atoms with Gasteiger partial charge in [-0.05, 0) is 75.8 Å². The molecule has 0 saturated carbocycles. The molecule has 1 unspecified atom stereocenters. The molecule has 0 bridgehead atoms. The van der Waals surface area contributed by atoms with Crippen LogP contribution in [0.15, 0.2) is 121 Å². The first-order valence-electron chi connectivity index (χ1n) is 20.5. The molecule has 1 atom stereocenters. The summed E-state index contributed by atoms with van der Waals surface area (Å²) in [4.78, 5) is 0. The fourth-order valence-corrected chi connectivity index (χ4v) is 7.82. The first-order chi connectivity index (χ1) is 27.6. The Morgan fingerprint density at radius 2 is 1.07 bits per heavy atom. The van der Waals surface area contributed by atoms with E-state index in [0.717, 1.165) is 6.42 Å². The molecule has 314 valence electrons. The summed E-state index contributed by atoms with van der Waals surface area (Å²) in [6.07, 6.45) is 9.96. The van der Waals surface area contributed by atoms with Gasteiger partial charge in [0.1, 0.15) is 0 Å². The molecular formula is C57H64Cl2Zr-4. The fraction of sp³-hybridized carbons (Fsp3) is 0.281. The van der Waals surface area contributed by atoms with Gasteiger partial charge in [-0.15, -0.1) is 54.1 Å². The molecule has 0 aromatic heterocycles. The fourth-order valence-electron chi connectivity index (χ4n) is 7.82. The molecule has 0 fully saturated rings. The average Bonchev–Trinajstić information content (AvgIpc) is 3.82. The van der Waals surface area contributed by atoms with Crippen LogP contribution in [-0.2, 0) is 30.7 Å². The molecule has 0 aliphatic heterocycles. The van der Waals surface area contributed by atoms with Gasteiger partial charge in [0.2, 0.25) is 0 Å². The Bertz CT molecular complexity index is 2150. The Hall–Kier alpha value is -3.87. The molecule has 6 aromatic rings. The summed E-state index contributed by atoms with van der Waals surface area (Å²) in [5, 5.41) is 0. The third-order valence-corrected chi connectivity index (χ3v) is 10.6. The van der Waals surface area contributed by atoms with Crippen LogP contribution in [0.3, 0.4) is 0 Å². The molecule has 60 heavy (non-hydrogen) atoms.